The first-order valence-electron chi connectivity index (χ1n) is 6.84. The number of carbonyl (C=O) groups excluding carboxylic acids is 1. The molecule has 2 rings (SSSR count). The third-order valence-electron chi connectivity index (χ3n) is 3.92. The SMILES string of the molecule is Cc1ccc(NC(=O)N2CCC(CO)CC2)cc1C. The Bertz CT molecular complexity index is 451. The van der Waals surface area contributed by atoms with Gasteiger partial charge in [-0.25, -0.2) is 4.79 Å². The molecule has 0 atom stereocenters. The minimum absolute atomic E-state index is 0.0420. The maximum atomic E-state index is 12.1. The lowest BCUT2D eigenvalue weighted by Crippen LogP contribution is -2.41. The molecule has 1 aliphatic heterocycles. The van der Waals surface area contributed by atoms with Gasteiger partial charge in [-0.15, -0.1) is 0 Å². The summed E-state index contributed by atoms with van der Waals surface area (Å²) >= 11 is 0. The third-order valence-corrected chi connectivity index (χ3v) is 3.92. The molecular formula is C15H22N2O2. The molecule has 4 heteroatoms. The molecule has 1 heterocycles. The highest BCUT2D eigenvalue weighted by Gasteiger charge is 2.22. The second-order valence-corrected chi connectivity index (χ2v) is 5.34. The van der Waals surface area contributed by atoms with Gasteiger partial charge in [-0.05, 0) is 55.9 Å². The summed E-state index contributed by atoms with van der Waals surface area (Å²) in [6.45, 7) is 5.77. The van der Waals surface area contributed by atoms with Crippen LogP contribution in [0.5, 0.6) is 0 Å². The molecule has 1 aromatic rings. The summed E-state index contributed by atoms with van der Waals surface area (Å²) in [7, 11) is 0. The Labute approximate surface area is 114 Å². The zero-order valence-electron chi connectivity index (χ0n) is 11.6. The Hall–Kier alpha value is -1.55. The van der Waals surface area contributed by atoms with Gasteiger partial charge < -0.3 is 15.3 Å². The van der Waals surface area contributed by atoms with Gasteiger partial charge in [0.2, 0.25) is 0 Å². The van der Waals surface area contributed by atoms with E-state index in [1.807, 2.05) is 30.0 Å². The summed E-state index contributed by atoms with van der Waals surface area (Å²) < 4.78 is 0. The van der Waals surface area contributed by atoms with Crippen LogP contribution in [0.4, 0.5) is 10.5 Å². The molecule has 0 unspecified atom stereocenters. The summed E-state index contributed by atoms with van der Waals surface area (Å²) in [5.41, 5.74) is 3.25. The number of nitrogens with one attached hydrogen (secondary N) is 1. The second-order valence-electron chi connectivity index (χ2n) is 5.34. The number of aliphatic hydroxyl groups excluding tert-OH is 1. The first-order chi connectivity index (χ1) is 9.10. The van der Waals surface area contributed by atoms with Crippen molar-refractivity contribution in [2.24, 2.45) is 5.92 Å². The summed E-state index contributed by atoms with van der Waals surface area (Å²) in [6, 6.07) is 5.90. The van der Waals surface area contributed by atoms with Gasteiger partial charge in [-0.3, -0.25) is 0 Å². The van der Waals surface area contributed by atoms with Gasteiger partial charge in [0.15, 0.2) is 0 Å². The number of likely N-dealkylation sites (tertiary alicyclic amines) is 1. The van der Waals surface area contributed by atoms with E-state index >= 15 is 0 Å². The first-order valence-corrected chi connectivity index (χ1v) is 6.84. The summed E-state index contributed by atoms with van der Waals surface area (Å²) in [5, 5.41) is 12.0. The highest BCUT2D eigenvalue weighted by atomic mass is 16.3. The zero-order chi connectivity index (χ0) is 13.8. The zero-order valence-corrected chi connectivity index (χ0v) is 11.6. The number of hydrogen-bond donors (Lipinski definition) is 2. The van der Waals surface area contributed by atoms with E-state index in [1.165, 1.54) is 11.1 Å². The molecule has 0 aliphatic carbocycles. The molecule has 104 valence electrons. The quantitative estimate of drug-likeness (QED) is 0.860. The monoisotopic (exact) mass is 262 g/mol. The van der Waals surface area contributed by atoms with Crippen LogP contribution in [0.25, 0.3) is 0 Å². The molecule has 0 saturated carbocycles. The van der Waals surface area contributed by atoms with E-state index in [1.54, 1.807) is 0 Å². The molecule has 4 nitrogen and oxygen atoms in total. The van der Waals surface area contributed by atoms with E-state index in [9.17, 15) is 4.79 Å². The van der Waals surface area contributed by atoms with Crippen LogP contribution in [-0.2, 0) is 0 Å². The van der Waals surface area contributed by atoms with Crippen molar-refractivity contribution in [1.29, 1.82) is 0 Å². The van der Waals surface area contributed by atoms with Crippen molar-refractivity contribution in [1.82, 2.24) is 4.90 Å². The molecule has 0 radical (unpaired) electrons. The van der Waals surface area contributed by atoms with E-state index in [0.29, 0.717) is 5.92 Å². The summed E-state index contributed by atoms with van der Waals surface area (Å²) in [4.78, 5) is 13.9. The van der Waals surface area contributed by atoms with Crippen LogP contribution in [0.15, 0.2) is 18.2 Å². The van der Waals surface area contributed by atoms with Crippen molar-refractivity contribution in [2.75, 3.05) is 25.0 Å². The van der Waals surface area contributed by atoms with E-state index in [-0.39, 0.29) is 12.6 Å². The molecule has 2 N–H and O–H groups in total. The molecule has 1 aliphatic rings. The number of carbonyl (C=O) groups is 1. The lowest BCUT2D eigenvalue weighted by Gasteiger charge is -2.31. The van der Waals surface area contributed by atoms with Crippen molar-refractivity contribution in [3.05, 3.63) is 29.3 Å². The molecule has 2 amide bonds. The third kappa shape index (κ3) is 3.47. The van der Waals surface area contributed by atoms with Gasteiger partial charge in [-0.1, -0.05) is 6.07 Å². The van der Waals surface area contributed by atoms with Gasteiger partial charge in [0.25, 0.3) is 0 Å². The van der Waals surface area contributed by atoms with Crippen molar-refractivity contribution in [3.63, 3.8) is 0 Å². The largest absolute Gasteiger partial charge is 0.396 e. The maximum Gasteiger partial charge on any atom is 0.321 e. The number of piperidine rings is 1. The maximum absolute atomic E-state index is 12.1. The number of hydrogen-bond acceptors (Lipinski definition) is 2. The lowest BCUT2D eigenvalue weighted by molar-refractivity contribution is 0.143. The summed E-state index contributed by atoms with van der Waals surface area (Å²) in [5.74, 6) is 0.352. The van der Waals surface area contributed by atoms with Crippen LogP contribution in [0.1, 0.15) is 24.0 Å². The van der Waals surface area contributed by atoms with Gasteiger partial charge in [0, 0.05) is 25.4 Å². The number of amides is 2. The van der Waals surface area contributed by atoms with Gasteiger partial charge >= 0.3 is 6.03 Å². The Morgan fingerprint density at radius 1 is 1.32 bits per heavy atom. The van der Waals surface area contributed by atoms with Crippen LogP contribution in [0.3, 0.4) is 0 Å². The van der Waals surface area contributed by atoms with Crippen molar-refractivity contribution < 1.29 is 9.90 Å². The van der Waals surface area contributed by atoms with Crippen LogP contribution in [0.2, 0.25) is 0 Å². The van der Waals surface area contributed by atoms with Crippen LogP contribution in [0, 0.1) is 19.8 Å². The van der Waals surface area contributed by atoms with E-state index in [0.717, 1.165) is 31.6 Å². The second kappa shape index (κ2) is 6.06. The number of benzene rings is 1. The highest BCUT2D eigenvalue weighted by Crippen LogP contribution is 2.18. The predicted molar refractivity (Wildman–Crippen MR) is 76.3 cm³/mol. The average molecular weight is 262 g/mol. The van der Waals surface area contributed by atoms with E-state index in [2.05, 4.69) is 12.2 Å². The number of rotatable bonds is 2. The fourth-order valence-electron chi connectivity index (χ4n) is 2.34. The molecule has 1 fully saturated rings. The Balaban J connectivity index is 1.92. The van der Waals surface area contributed by atoms with Gasteiger partial charge in [0.1, 0.15) is 0 Å². The highest BCUT2D eigenvalue weighted by molar-refractivity contribution is 5.89. The average Bonchev–Trinajstić information content (AvgIpc) is 2.43. The number of nitrogens with zero attached hydrogens (tertiary/aromatic N) is 1. The first kappa shape index (κ1) is 13.9. The van der Waals surface area contributed by atoms with E-state index in [4.69, 9.17) is 5.11 Å². The normalized spacial score (nSPS) is 16.5. The Morgan fingerprint density at radius 3 is 2.58 bits per heavy atom. The van der Waals surface area contributed by atoms with Crippen LogP contribution in [-0.4, -0.2) is 35.7 Å². The smallest absolute Gasteiger partial charge is 0.321 e. The minimum Gasteiger partial charge on any atom is -0.396 e. The Kier molecular flexibility index (Phi) is 4.43. The molecule has 0 bridgehead atoms. The molecule has 0 spiro atoms. The molecular weight excluding hydrogens is 240 g/mol. The standard InChI is InChI=1S/C15H22N2O2/c1-11-3-4-14(9-12(11)2)16-15(19)17-7-5-13(10-18)6-8-17/h3-4,9,13,18H,5-8,10H2,1-2H3,(H,16,19). The van der Waals surface area contributed by atoms with Crippen molar-refractivity contribution in [2.45, 2.75) is 26.7 Å². The lowest BCUT2D eigenvalue weighted by atomic mass is 9.98. The van der Waals surface area contributed by atoms with Crippen molar-refractivity contribution >= 4 is 11.7 Å². The van der Waals surface area contributed by atoms with Gasteiger partial charge in [-0.2, -0.15) is 0 Å². The van der Waals surface area contributed by atoms with E-state index < -0.39 is 0 Å². The molecule has 0 aromatic heterocycles. The number of aryl methyl sites for hydroxylation is 2. The number of urea groups is 1. The topological polar surface area (TPSA) is 52.6 Å². The molecule has 1 aromatic carbocycles. The molecule has 1 saturated heterocycles. The molecule has 19 heavy (non-hydrogen) atoms. The fraction of sp³-hybridized carbons (Fsp3) is 0.533. The Morgan fingerprint density at radius 2 is 2.00 bits per heavy atom. The predicted octanol–water partition coefficient (Wildman–Crippen LogP) is 2.54. The van der Waals surface area contributed by atoms with Crippen molar-refractivity contribution in [3.8, 4) is 0 Å². The fourth-order valence-corrected chi connectivity index (χ4v) is 2.34. The summed E-state index contributed by atoms with van der Waals surface area (Å²) in [6.07, 6.45) is 1.77. The number of anilines is 1. The van der Waals surface area contributed by atoms with Crippen LogP contribution < -0.4 is 5.32 Å². The number of aliphatic hydroxyl groups is 1. The van der Waals surface area contributed by atoms with Crippen LogP contribution >= 0.6 is 0 Å². The minimum atomic E-state index is -0.0420. The van der Waals surface area contributed by atoms with Gasteiger partial charge in [0.05, 0.1) is 0 Å².